The van der Waals surface area contributed by atoms with Crippen LogP contribution in [-0.4, -0.2) is 44.0 Å². The molecule has 2 aromatic rings. The molecular formula is C23H31N3O4S. The zero-order valence-electron chi connectivity index (χ0n) is 18.5. The van der Waals surface area contributed by atoms with Gasteiger partial charge in [-0.05, 0) is 62.2 Å². The van der Waals surface area contributed by atoms with Gasteiger partial charge in [0.25, 0.3) is 11.8 Å². The van der Waals surface area contributed by atoms with E-state index in [0.29, 0.717) is 29.8 Å². The summed E-state index contributed by atoms with van der Waals surface area (Å²) in [6.07, 6.45) is 1.40. The molecule has 8 heteroatoms. The first-order chi connectivity index (χ1) is 14.6. The van der Waals surface area contributed by atoms with Gasteiger partial charge in [-0.2, -0.15) is 0 Å². The normalized spacial score (nSPS) is 11.3. The van der Waals surface area contributed by atoms with Crippen LogP contribution in [0.3, 0.4) is 0 Å². The fourth-order valence-electron chi connectivity index (χ4n) is 2.74. The summed E-state index contributed by atoms with van der Waals surface area (Å²) in [4.78, 5) is 26.4. The summed E-state index contributed by atoms with van der Waals surface area (Å²) < 4.78 is 26.4. The zero-order valence-corrected chi connectivity index (χ0v) is 19.3. The second-order valence-corrected chi connectivity index (χ2v) is 9.58. The van der Waals surface area contributed by atoms with Gasteiger partial charge < -0.3 is 10.2 Å². The minimum atomic E-state index is -3.37. The van der Waals surface area contributed by atoms with Gasteiger partial charge in [-0.15, -0.1) is 0 Å². The van der Waals surface area contributed by atoms with Crippen molar-refractivity contribution in [2.45, 2.75) is 46.2 Å². The van der Waals surface area contributed by atoms with Crippen molar-refractivity contribution in [2.75, 3.05) is 17.5 Å². The Balaban J connectivity index is 1.92. The van der Waals surface area contributed by atoms with E-state index >= 15 is 0 Å². The van der Waals surface area contributed by atoms with E-state index in [9.17, 15) is 18.0 Å². The Morgan fingerprint density at radius 2 is 1.55 bits per heavy atom. The average Bonchev–Trinajstić information content (AvgIpc) is 2.75. The first-order valence-electron chi connectivity index (χ1n) is 10.4. The summed E-state index contributed by atoms with van der Waals surface area (Å²) in [6, 6.07) is 13.6. The Labute approximate surface area is 184 Å². The molecule has 0 atom stereocenters. The van der Waals surface area contributed by atoms with Gasteiger partial charge in [-0.25, -0.2) is 8.42 Å². The number of unbranched alkanes of at least 4 members (excludes halogenated alkanes) is 1. The van der Waals surface area contributed by atoms with Crippen molar-refractivity contribution < 1.29 is 18.0 Å². The number of sulfonamides is 1. The zero-order chi connectivity index (χ0) is 23.0. The molecule has 0 aliphatic rings. The summed E-state index contributed by atoms with van der Waals surface area (Å²) in [5.74, 6) is -0.236. The molecule has 31 heavy (non-hydrogen) atoms. The lowest BCUT2D eigenvalue weighted by Gasteiger charge is -2.21. The number of hydrogen-bond donors (Lipinski definition) is 2. The van der Waals surface area contributed by atoms with E-state index in [1.165, 1.54) is 0 Å². The lowest BCUT2D eigenvalue weighted by molar-refractivity contribution is 0.0754. The van der Waals surface area contributed by atoms with Gasteiger partial charge in [-0.3, -0.25) is 14.3 Å². The fraction of sp³-hybridized carbons (Fsp3) is 0.391. The number of nitrogens with one attached hydrogen (secondary N) is 2. The van der Waals surface area contributed by atoms with E-state index in [1.807, 2.05) is 32.9 Å². The number of carbonyl (C=O) groups excluding carboxylic acids is 2. The van der Waals surface area contributed by atoms with Crippen LogP contribution in [-0.2, 0) is 16.6 Å². The molecule has 0 saturated heterocycles. The SMILES string of the molecule is CCCCS(=O)(=O)Nc1ccc(C(=O)NCc2ccc(C(=O)N(C)C(C)C)cc2)cc1. The largest absolute Gasteiger partial charge is 0.348 e. The Kier molecular flexibility index (Phi) is 8.62. The van der Waals surface area contributed by atoms with E-state index in [1.54, 1.807) is 48.3 Å². The second kappa shape index (κ2) is 10.9. The van der Waals surface area contributed by atoms with Crippen LogP contribution < -0.4 is 10.0 Å². The van der Waals surface area contributed by atoms with Crippen LogP contribution in [0.15, 0.2) is 48.5 Å². The molecule has 0 unspecified atom stereocenters. The highest BCUT2D eigenvalue weighted by molar-refractivity contribution is 7.92. The number of amides is 2. The molecule has 2 rings (SSSR count). The third kappa shape index (κ3) is 7.40. The van der Waals surface area contributed by atoms with Crippen molar-refractivity contribution in [3.8, 4) is 0 Å². The maximum atomic E-state index is 12.4. The third-order valence-corrected chi connectivity index (χ3v) is 6.31. The van der Waals surface area contributed by atoms with Crippen LogP contribution in [0.4, 0.5) is 5.69 Å². The van der Waals surface area contributed by atoms with Gasteiger partial charge in [0.15, 0.2) is 0 Å². The maximum absolute atomic E-state index is 12.4. The van der Waals surface area contributed by atoms with E-state index in [0.717, 1.165) is 12.0 Å². The molecule has 2 amide bonds. The second-order valence-electron chi connectivity index (χ2n) is 7.74. The molecule has 0 aromatic heterocycles. The lowest BCUT2D eigenvalue weighted by Crippen LogP contribution is -2.32. The van der Waals surface area contributed by atoms with Crippen LogP contribution in [0.1, 0.15) is 59.9 Å². The molecule has 7 nitrogen and oxygen atoms in total. The molecule has 168 valence electrons. The van der Waals surface area contributed by atoms with E-state index in [4.69, 9.17) is 0 Å². The Bertz CT molecular complexity index is 984. The van der Waals surface area contributed by atoms with Crippen molar-refractivity contribution in [1.82, 2.24) is 10.2 Å². The maximum Gasteiger partial charge on any atom is 0.253 e. The van der Waals surface area contributed by atoms with Crippen molar-refractivity contribution in [2.24, 2.45) is 0 Å². The molecule has 0 spiro atoms. The van der Waals surface area contributed by atoms with Crippen LogP contribution in [0.2, 0.25) is 0 Å². The molecule has 0 aliphatic heterocycles. The first kappa shape index (κ1) is 24.4. The van der Waals surface area contributed by atoms with Gasteiger partial charge in [0.1, 0.15) is 0 Å². The lowest BCUT2D eigenvalue weighted by atomic mass is 10.1. The Morgan fingerprint density at radius 1 is 0.968 bits per heavy atom. The number of carbonyl (C=O) groups is 2. The molecule has 0 fully saturated rings. The van der Waals surface area contributed by atoms with Crippen molar-refractivity contribution in [3.63, 3.8) is 0 Å². The van der Waals surface area contributed by atoms with E-state index in [2.05, 4.69) is 10.0 Å². The quantitative estimate of drug-likeness (QED) is 0.584. The summed E-state index contributed by atoms with van der Waals surface area (Å²) in [5.41, 5.74) is 2.33. The fourth-order valence-corrected chi connectivity index (χ4v) is 4.01. The molecule has 0 bridgehead atoms. The number of anilines is 1. The van der Waals surface area contributed by atoms with Gasteiger partial charge in [0.05, 0.1) is 5.75 Å². The molecule has 0 radical (unpaired) electrons. The third-order valence-electron chi connectivity index (χ3n) is 4.94. The summed E-state index contributed by atoms with van der Waals surface area (Å²) in [6.45, 7) is 6.16. The molecule has 0 heterocycles. The Hall–Kier alpha value is -2.87. The van der Waals surface area contributed by atoms with Gasteiger partial charge >= 0.3 is 0 Å². The van der Waals surface area contributed by atoms with Gasteiger partial charge in [0.2, 0.25) is 10.0 Å². The molecule has 2 aromatic carbocycles. The van der Waals surface area contributed by atoms with Crippen LogP contribution >= 0.6 is 0 Å². The summed E-state index contributed by atoms with van der Waals surface area (Å²) in [5, 5.41) is 2.83. The average molecular weight is 446 g/mol. The predicted octanol–water partition coefficient (Wildman–Crippen LogP) is 3.64. The van der Waals surface area contributed by atoms with Crippen molar-refractivity contribution in [3.05, 3.63) is 65.2 Å². The van der Waals surface area contributed by atoms with Crippen molar-refractivity contribution >= 4 is 27.5 Å². The molecule has 0 aliphatic carbocycles. The van der Waals surface area contributed by atoms with Crippen LogP contribution in [0, 0.1) is 0 Å². The van der Waals surface area contributed by atoms with Gasteiger partial charge in [-0.1, -0.05) is 25.5 Å². The molecule has 0 saturated carbocycles. The smallest absolute Gasteiger partial charge is 0.253 e. The highest BCUT2D eigenvalue weighted by Gasteiger charge is 2.14. The monoisotopic (exact) mass is 445 g/mol. The molecule has 2 N–H and O–H groups in total. The summed E-state index contributed by atoms with van der Waals surface area (Å²) >= 11 is 0. The topological polar surface area (TPSA) is 95.6 Å². The number of nitrogens with zero attached hydrogens (tertiary/aromatic N) is 1. The highest BCUT2D eigenvalue weighted by atomic mass is 32.2. The van der Waals surface area contributed by atoms with Crippen LogP contribution in [0.5, 0.6) is 0 Å². The highest BCUT2D eigenvalue weighted by Crippen LogP contribution is 2.13. The summed E-state index contributed by atoms with van der Waals surface area (Å²) in [7, 11) is -1.61. The van der Waals surface area contributed by atoms with Crippen molar-refractivity contribution in [1.29, 1.82) is 0 Å². The van der Waals surface area contributed by atoms with Gasteiger partial charge in [0, 0.05) is 36.4 Å². The number of hydrogen-bond acceptors (Lipinski definition) is 4. The molecular weight excluding hydrogens is 414 g/mol. The Morgan fingerprint density at radius 3 is 2.10 bits per heavy atom. The number of rotatable bonds is 10. The van der Waals surface area contributed by atoms with E-state index in [-0.39, 0.29) is 23.6 Å². The predicted molar refractivity (Wildman–Crippen MR) is 124 cm³/mol. The minimum Gasteiger partial charge on any atom is -0.348 e. The minimum absolute atomic E-state index is 0.0454. The standard InChI is InChI=1S/C23H31N3O4S/c1-5-6-15-31(29,30)25-21-13-11-19(12-14-21)22(27)24-16-18-7-9-20(10-8-18)23(28)26(4)17(2)3/h7-14,17,25H,5-6,15-16H2,1-4H3,(H,24,27). The number of benzene rings is 2. The van der Waals surface area contributed by atoms with Crippen LogP contribution in [0.25, 0.3) is 0 Å². The van der Waals surface area contributed by atoms with E-state index < -0.39 is 10.0 Å². The first-order valence-corrected chi connectivity index (χ1v) is 12.0.